The molecule has 3 aromatic carbocycles. The topological polar surface area (TPSA) is 109 Å². The molecule has 0 aliphatic heterocycles. The molecule has 0 spiro atoms. The summed E-state index contributed by atoms with van der Waals surface area (Å²) in [6.07, 6.45) is 1.69. The normalized spacial score (nSPS) is 11.2. The summed E-state index contributed by atoms with van der Waals surface area (Å²) in [6.45, 7) is 2.31. The summed E-state index contributed by atoms with van der Waals surface area (Å²) in [5.41, 5.74) is 2.44. The van der Waals surface area contributed by atoms with E-state index in [4.69, 9.17) is 16.3 Å². The zero-order valence-corrected chi connectivity index (χ0v) is 21.4. The van der Waals surface area contributed by atoms with Crippen molar-refractivity contribution < 1.29 is 22.3 Å². The fraction of sp³-hybridized carbons (Fsp3) is 0.154. The molecule has 0 unspecified atom stereocenters. The number of sulfonamides is 1. The number of rotatable bonds is 10. The van der Waals surface area contributed by atoms with Crippen LogP contribution in [0.5, 0.6) is 5.75 Å². The lowest BCUT2D eigenvalue weighted by Crippen LogP contribution is -2.32. The Balaban J connectivity index is 1.26. The van der Waals surface area contributed by atoms with Crippen molar-refractivity contribution in [2.24, 2.45) is 0 Å². The number of pyridine rings is 1. The second-order valence-corrected chi connectivity index (χ2v) is 10.2. The van der Waals surface area contributed by atoms with Crippen molar-refractivity contribution >= 4 is 49.8 Å². The third kappa shape index (κ3) is 6.87. The first kappa shape index (κ1) is 26.2. The molecule has 0 aliphatic rings. The molecule has 4 rings (SSSR count). The van der Waals surface area contributed by atoms with Gasteiger partial charge < -0.3 is 15.4 Å². The van der Waals surface area contributed by atoms with Crippen LogP contribution in [0.3, 0.4) is 0 Å². The number of carbonyl (C=O) groups excluding carboxylic acids is 1. The van der Waals surface area contributed by atoms with Crippen LogP contribution in [0.1, 0.15) is 5.56 Å². The van der Waals surface area contributed by atoms with Crippen molar-refractivity contribution in [2.75, 3.05) is 29.7 Å². The number of hydrogen-bond acceptors (Lipinski definition) is 6. The van der Waals surface area contributed by atoms with E-state index in [9.17, 15) is 17.6 Å². The summed E-state index contributed by atoms with van der Waals surface area (Å²) < 4.78 is 46.3. The number of anilines is 2. The van der Waals surface area contributed by atoms with Gasteiger partial charge in [-0.15, -0.1) is 0 Å². The van der Waals surface area contributed by atoms with Gasteiger partial charge in [0.15, 0.2) is 6.61 Å². The maximum absolute atomic E-state index is 13.1. The van der Waals surface area contributed by atoms with Crippen LogP contribution in [0, 0.1) is 12.7 Å². The van der Waals surface area contributed by atoms with Crippen molar-refractivity contribution in [3.8, 4) is 5.75 Å². The van der Waals surface area contributed by atoms with Crippen molar-refractivity contribution in [3.63, 3.8) is 0 Å². The number of aryl methyl sites for hydroxylation is 1. The first-order valence-electron chi connectivity index (χ1n) is 11.3. The number of nitrogens with one attached hydrogen (secondary N) is 3. The molecule has 4 aromatic rings. The van der Waals surface area contributed by atoms with Gasteiger partial charge in [0.2, 0.25) is 0 Å². The summed E-state index contributed by atoms with van der Waals surface area (Å²) >= 11 is 6.02. The molecule has 37 heavy (non-hydrogen) atoms. The van der Waals surface area contributed by atoms with E-state index in [0.717, 1.165) is 16.6 Å². The number of fused-ring (bicyclic) bond motifs is 1. The van der Waals surface area contributed by atoms with Crippen molar-refractivity contribution in [3.05, 3.63) is 89.3 Å². The van der Waals surface area contributed by atoms with Gasteiger partial charge in [-0.3, -0.25) is 14.5 Å². The van der Waals surface area contributed by atoms with Gasteiger partial charge in [0.05, 0.1) is 10.4 Å². The van der Waals surface area contributed by atoms with Gasteiger partial charge in [0, 0.05) is 41.1 Å². The van der Waals surface area contributed by atoms with Crippen molar-refractivity contribution in [1.82, 2.24) is 10.3 Å². The zero-order valence-electron chi connectivity index (χ0n) is 19.8. The Bertz CT molecular complexity index is 1530. The Kier molecular flexibility index (Phi) is 8.10. The Morgan fingerprint density at radius 1 is 1.03 bits per heavy atom. The molecule has 0 saturated carbocycles. The second kappa shape index (κ2) is 11.4. The maximum Gasteiger partial charge on any atom is 0.261 e. The van der Waals surface area contributed by atoms with E-state index in [1.54, 1.807) is 25.3 Å². The average Bonchev–Trinajstić information content (AvgIpc) is 2.87. The predicted molar refractivity (Wildman–Crippen MR) is 142 cm³/mol. The maximum atomic E-state index is 13.1. The van der Waals surface area contributed by atoms with Crippen LogP contribution in [-0.4, -0.2) is 39.0 Å². The van der Waals surface area contributed by atoms with Crippen LogP contribution in [0.2, 0.25) is 5.02 Å². The smallest absolute Gasteiger partial charge is 0.261 e. The number of amides is 1. The molecule has 3 N–H and O–H groups in total. The molecule has 0 aliphatic carbocycles. The van der Waals surface area contributed by atoms with Gasteiger partial charge in [-0.05, 0) is 79.2 Å². The van der Waals surface area contributed by atoms with Gasteiger partial charge in [-0.1, -0.05) is 11.6 Å². The summed E-state index contributed by atoms with van der Waals surface area (Å²) in [7, 11) is -3.88. The van der Waals surface area contributed by atoms with E-state index >= 15 is 0 Å². The molecule has 0 fully saturated rings. The quantitative estimate of drug-likeness (QED) is 0.250. The number of aromatic nitrogens is 1. The lowest BCUT2D eigenvalue weighted by atomic mass is 10.2. The molecule has 1 heterocycles. The van der Waals surface area contributed by atoms with Crippen LogP contribution in [0.4, 0.5) is 15.8 Å². The van der Waals surface area contributed by atoms with Gasteiger partial charge >= 0.3 is 0 Å². The van der Waals surface area contributed by atoms with Gasteiger partial charge in [-0.2, -0.15) is 0 Å². The molecule has 0 radical (unpaired) electrons. The van der Waals surface area contributed by atoms with Crippen LogP contribution < -0.4 is 20.1 Å². The lowest BCUT2D eigenvalue weighted by Gasteiger charge is -2.13. The third-order valence-corrected chi connectivity index (χ3v) is 6.99. The molecule has 0 saturated heterocycles. The number of halogens is 2. The highest BCUT2D eigenvalue weighted by atomic mass is 35.5. The van der Waals surface area contributed by atoms with Crippen LogP contribution in [0.25, 0.3) is 10.9 Å². The third-order valence-electron chi connectivity index (χ3n) is 5.38. The van der Waals surface area contributed by atoms with E-state index < -0.39 is 15.8 Å². The number of hydrogen-bond donors (Lipinski definition) is 3. The monoisotopic (exact) mass is 542 g/mol. The zero-order chi connectivity index (χ0) is 26.4. The molecule has 1 aromatic heterocycles. The molecule has 0 bridgehead atoms. The van der Waals surface area contributed by atoms with E-state index in [0.29, 0.717) is 29.4 Å². The minimum atomic E-state index is -3.88. The standard InChI is InChI=1S/C26H24ClFN4O4S/c1-17-14-21(37(34,35)32-20-5-3-19(28)4-6-20)7-9-25(17)36-16-26(33)31-13-12-30-23-10-11-29-24-15-18(27)2-8-22(23)24/h2-11,14-15,32H,12-13,16H2,1H3,(H,29,30)(H,31,33). The summed E-state index contributed by atoms with van der Waals surface area (Å²) in [6, 6.07) is 16.6. The highest BCUT2D eigenvalue weighted by Crippen LogP contribution is 2.25. The van der Waals surface area contributed by atoms with Crippen LogP contribution >= 0.6 is 11.6 Å². The first-order chi connectivity index (χ1) is 17.7. The highest BCUT2D eigenvalue weighted by Gasteiger charge is 2.16. The SMILES string of the molecule is Cc1cc(S(=O)(=O)Nc2ccc(F)cc2)ccc1OCC(=O)NCCNc1ccnc2cc(Cl)ccc12. The fourth-order valence-corrected chi connectivity index (χ4v) is 4.86. The summed E-state index contributed by atoms with van der Waals surface area (Å²) in [4.78, 5) is 16.5. The number of carbonyl (C=O) groups is 1. The predicted octanol–water partition coefficient (Wildman–Crippen LogP) is 4.74. The van der Waals surface area contributed by atoms with E-state index in [1.165, 1.54) is 42.5 Å². The largest absolute Gasteiger partial charge is 0.484 e. The minimum Gasteiger partial charge on any atom is -0.484 e. The van der Waals surface area contributed by atoms with E-state index in [-0.39, 0.29) is 23.1 Å². The fourth-order valence-electron chi connectivity index (χ4n) is 3.55. The number of benzene rings is 3. The first-order valence-corrected chi connectivity index (χ1v) is 13.1. The average molecular weight is 543 g/mol. The Labute approximate surface area is 218 Å². The Morgan fingerprint density at radius 3 is 2.57 bits per heavy atom. The summed E-state index contributed by atoms with van der Waals surface area (Å²) in [5, 5.41) is 7.57. The molecule has 0 atom stereocenters. The molecule has 192 valence electrons. The number of nitrogens with zero attached hydrogens (tertiary/aromatic N) is 1. The lowest BCUT2D eigenvalue weighted by molar-refractivity contribution is -0.123. The molecule has 11 heteroatoms. The molecule has 1 amide bonds. The van der Waals surface area contributed by atoms with Gasteiger partial charge in [0.1, 0.15) is 11.6 Å². The van der Waals surface area contributed by atoms with Gasteiger partial charge in [0.25, 0.3) is 15.9 Å². The van der Waals surface area contributed by atoms with Crippen molar-refractivity contribution in [2.45, 2.75) is 11.8 Å². The molecular weight excluding hydrogens is 519 g/mol. The van der Waals surface area contributed by atoms with E-state index in [1.807, 2.05) is 12.1 Å². The Hall–Kier alpha value is -3.89. The number of ether oxygens (including phenoxy) is 1. The molecular formula is C26H24ClFN4O4S. The summed E-state index contributed by atoms with van der Waals surface area (Å²) in [5.74, 6) is -0.396. The van der Waals surface area contributed by atoms with Crippen LogP contribution in [0.15, 0.2) is 77.8 Å². The van der Waals surface area contributed by atoms with Crippen LogP contribution in [-0.2, 0) is 14.8 Å². The molecule has 8 nitrogen and oxygen atoms in total. The minimum absolute atomic E-state index is 0.0168. The Morgan fingerprint density at radius 2 is 1.81 bits per heavy atom. The van der Waals surface area contributed by atoms with E-state index in [2.05, 4.69) is 20.3 Å². The van der Waals surface area contributed by atoms with Crippen molar-refractivity contribution in [1.29, 1.82) is 0 Å². The second-order valence-electron chi connectivity index (χ2n) is 8.13. The highest BCUT2D eigenvalue weighted by molar-refractivity contribution is 7.92. The van der Waals surface area contributed by atoms with Gasteiger partial charge in [-0.25, -0.2) is 12.8 Å².